The average Bonchev–Trinajstić information content (AvgIpc) is 2.81. The topological polar surface area (TPSA) is 38.7 Å². The van der Waals surface area contributed by atoms with E-state index in [9.17, 15) is 5.11 Å². The predicted molar refractivity (Wildman–Crippen MR) is 88.4 cm³/mol. The molecule has 4 heteroatoms. The molecule has 0 radical (unpaired) electrons. The summed E-state index contributed by atoms with van der Waals surface area (Å²) in [7, 11) is 0.472. The van der Waals surface area contributed by atoms with Crippen LogP contribution in [-0.2, 0) is 6.42 Å². The van der Waals surface area contributed by atoms with Gasteiger partial charge in [0.25, 0.3) is 0 Å². The lowest BCUT2D eigenvalue weighted by atomic mass is 10.0. The minimum absolute atomic E-state index is 0.156. The molecule has 2 aromatic rings. The van der Waals surface area contributed by atoms with E-state index in [1.54, 1.807) is 7.11 Å². The van der Waals surface area contributed by atoms with E-state index in [1.165, 1.54) is 0 Å². The molecule has 0 saturated carbocycles. The first-order valence-electron chi connectivity index (χ1n) is 7.38. The number of hydrogen-bond donors (Lipinski definition) is 1. The van der Waals surface area contributed by atoms with E-state index in [1.807, 2.05) is 24.3 Å². The van der Waals surface area contributed by atoms with Crippen LogP contribution in [0, 0.1) is 0 Å². The smallest absolute Gasteiger partial charge is 0.169 e. The fourth-order valence-corrected chi connectivity index (χ4v) is 4.79. The molecule has 0 aliphatic carbocycles. The maximum atomic E-state index is 10.5. The summed E-state index contributed by atoms with van der Waals surface area (Å²) < 4.78 is 11.7. The molecule has 3 rings (SSSR count). The molecular weight excluding hydrogens is 280 g/mol. The Labute approximate surface area is 126 Å². The van der Waals surface area contributed by atoms with Crippen LogP contribution in [0.25, 0.3) is 10.8 Å². The van der Waals surface area contributed by atoms with Crippen molar-refractivity contribution < 1.29 is 14.6 Å². The molecule has 1 aliphatic rings. The van der Waals surface area contributed by atoms with E-state index in [2.05, 4.69) is 19.6 Å². The summed E-state index contributed by atoms with van der Waals surface area (Å²) in [5.74, 6) is 1.71. The van der Waals surface area contributed by atoms with Crippen LogP contribution in [0.2, 0.25) is 25.7 Å². The average molecular weight is 302 g/mol. The lowest BCUT2D eigenvalue weighted by Crippen LogP contribution is -2.29. The first-order chi connectivity index (χ1) is 9.90. The van der Waals surface area contributed by atoms with Gasteiger partial charge >= 0.3 is 0 Å². The minimum atomic E-state index is -1.21. The molecule has 1 heterocycles. The summed E-state index contributed by atoms with van der Waals surface area (Å²) >= 11 is 0. The van der Waals surface area contributed by atoms with Gasteiger partial charge in [0.1, 0.15) is 11.9 Å². The third kappa shape index (κ3) is 2.48. The van der Waals surface area contributed by atoms with Crippen molar-refractivity contribution in [1.29, 1.82) is 0 Å². The number of phenols is 1. The third-order valence-electron chi connectivity index (χ3n) is 3.95. The van der Waals surface area contributed by atoms with E-state index in [0.29, 0.717) is 5.75 Å². The van der Waals surface area contributed by atoms with Crippen molar-refractivity contribution in [3.8, 4) is 17.2 Å². The van der Waals surface area contributed by atoms with Crippen molar-refractivity contribution in [2.24, 2.45) is 0 Å². The van der Waals surface area contributed by atoms with E-state index < -0.39 is 8.07 Å². The fourth-order valence-electron chi connectivity index (χ4n) is 3.20. The highest BCUT2D eigenvalue weighted by molar-refractivity contribution is 6.76. The molecule has 0 saturated heterocycles. The van der Waals surface area contributed by atoms with Crippen LogP contribution in [0.5, 0.6) is 17.2 Å². The Kier molecular flexibility index (Phi) is 3.36. The van der Waals surface area contributed by atoms with Crippen LogP contribution >= 0.6 is 0 Å². The zero-order valence-electron chi connectivity index (χ0n) is 13.1. The van der Waals surface area contributed by atoms with Crippen LogP contribution in [-0.4, -0.2) is 26.4 Å². The van der Waals surface area contributed by atoms with Crippen molar-refractivity contribution in [3.63, 3.8) is 0 Å². The summed E-state index contributed by atoms with van der Waals surface area (Å²) in [6.07, 6.45) is 0.976. The van der Waals surface area contributed by atoms with Gasteiger partial charge in [0.2, 0.25) is 0 Å². The highest BCUT2D eigenvalue weighted by atomic mass is 28.3. The van der Waals surface area contributed by atoms with Gasteiger partial charge in [0, 0.05) is 30.8 Å². The van der Waals surface area contributed by atoms with Crippen molar-refractivity contribution in [2.45, 2.75) is 38.2 Å². The van der Waals surface area contributed by atoms with Gasteiger partial charge in [0.05, 0.1) is 7.11 Å². The molecule has 0 fully saturated rings. The third-order valence-corrected chi connectivity index (χ3v) is 5.63. The molecular formula is C17H22O3Si. The Morgan fingerprint density at radius 2 is 1.90 bits per heavy atom. The Balaban J connectivity index is 2.11. The number of benzene rings is 2. The van der Waals surface area contributed by atoms with E-state index in [0.717, 1.165) is 34.6 Å². The number of rotatable bonds is 3. The summed E-state index contributed by atoms with van der Waals surface area (Å²) in [5.41, 5.74) is 1.01. The van der Waals surface area contributed by atoms with Crippen LogP contribution in [0.4, 0.5) is 0 Å². The second-order valence-corrected chi connectivity index (χ2v) is 12.5. The Bertz CT molecular complexity index is 688. The van der Waals surface area contributed by atoms with Crippen LogP contribution < -0.4 is 9.47 Å². The second kappa shape index (κ2) is 4.95. The summed E-state index contributed by atoms with van der Waals surface area (Å²) in [6.45, 7) is 7.02. The highest BCUT2D eigenvalue weighted by Crippen LogP contribution is 2.49. The molecule has 0 spiro atoms. The molecule has 1 N–H and O–H groups in total. The van der Waals surface area contributed by atoms with Gasteiger partial charge in [0.15, 0.2) is 11.5 Å². The fraction of sp³-hybridized carbons (Fsp3) is 0.412. The molecule has 112 valence electrons. The van der Waals surface area contributed by atoms with Gasteiger partial charge in [-0.25, -0.2) is 0 Å². The minimum Gasteiger partial charge on any atom is -0.504 e. The monoisotopic (exact) mass is 302 g/mol. The zero-order chi connectivity index (χ0) is 15.2. The van der Waals surface area contributed by atoms with Crippen molar-refractivity contribution >= 4 is 18.8 Å². The highest BCUT2D eigenvalue weighted by Gasteiger charge is 2.33. The van der Waals surface area contributed by atoms with E-state index in [4.69, 9.17) is 9.47 Å². The number of fused-ring (bicyclic) bond motifs is 2. The molecule has 1 atom stereocenters. The maximum Gasteiger partial charge on any atom is 0.169 e. The first kappa shape index (κ1) is 14.3. The van der Waals surface area contributed by atoms with Gasteiger partial charge in [-0.3, -0.25) is 0 Å². The van der Waals surface area contributed by atoms with Gasteiger partial charge in [-0.05, 0) is 6.04 Å². The van der Waals surface area contributed by atoms with Gasteiger partial charge in [-0.1, -0.05) is 43.9 Å². The van der Waals surface area contributed by atoms with Gasteiger partial charge in [-0.2, -0.15) is 0 Å². The number of phenolic OH excluding ortho intramolecular Hbond substituents is 1. The lowest BCUT2D eigenvalue weighted by Gasteiger charge is -2.20. The molecule has 1 unspecified atom stereocenters. The van der Waals surface area contributed by atoms with E-state index >= 15 is 0 Å². The van der Waals surface area contributed by atoms with Crippen molar-refractivity contribution in [1.82, 2.24) is 0 Å². The predicted octanol–water partition coefficient (Wildman–Crippen LogP) is 4.20. The lowest BCUT2D eigenvalue weighted by molar-refractivity contribution is 0.244. The molecule has 1 aliphatic heterocycles. The van der Waals surface area contributed by atoms with Crippen LogP contribution in [0.3, 0.4) is 0 Å². The first-order valence-corrected chi connectivity index (χ1v) is 11.1. The summed E-state index contributed by atoms with van der Waals surface area (Å²) in [6, 6.07) is 8.86. The molecule has 3 nitrogen and oxygen atoms in total. The number of hydrogen-bond acceptors (Lipinski definition) is 3. The Morgan fingerprint density at radius 3 is 2.52 bits per heavy atom. The maximum absolute atomic E-state index is 10.5. The number of aromatic hydroxyl groups is 1. The molecule has 21 heavy (non-hydrogen) atoms. The summed E-state index contributed by atoms with van der Waals surface area (Å²) in [4.78, 5) is 0. The SMILES string of the molecule is COc1c2c(c(O)c3ccccc13)OC(C[Si](C)(C)C)C2. The van der Waals surface area contributed by atoms with Crippen LogP contribution in [0.1, 0.15) is 5.56 Å². The number of methoxy groups -OCH3 is 1. The molecule has 0 aromatic heterocycles. The quantitative estimate of drug-likeness (QED) is 0.864. The number of ether oxygens (including phenoxy) is 2. The Hall–Kier alpha value is -1.68. The molecule has 0 amide bonds. The normalized spacial score (nSPS) is 17.6. The summed E-state index contributed by atoms with van der Waals surface area (Å²) in [5, 5.41) is 12.3. The molecule has 2 aromatic carbocycles. The van der Waals surface area contributed by atoms with Gasteiger partial charge in [-0.15, -0.1) is 0 Å². The van der Waals surface area contributed by atoms with Crippen molar-refractivity contribution in [3.05, 3.63) is 29.8 Å². The molecule has 0 bridgehead atoms. The van der Waals surface area contributed by atoms with Crippen molar-refractivity contribution in [2.75, 3.05) is 7.11 Å². The largest absolute Gasteiger partial charge is 0.504 e. The zero-order valence-corrected chi connectivity index (χ0v) is 14.1. The second-order valence-electron chi connectivity index (χ2n) is 6.94. The standard InChI is InChI=1S/C17H22O3Si/c1-19-16-13-8-6-5-7-12(13)15(18)17-14(16)9-11(20-17)10-21(2,3)4/h5-8,11,18H,9-10H2,1-4H3. The van der Waals surface area contributed by atoms with Crippen LogP contribution in [0.15, 0.2) is 24.3 Å². The van der Waals surface area contributed by atoms with Gasteiger partial charge < -0.3 is 14.6 Å². The van der Waals surface area contributed by atoms with E-state index in [-0.39, 0.29) is 11.9 Å². The Morgan fingerprint density at radius 1 is 1.24 bits per heavy atom.